The van der Waals surface area contributed by atoms with E-state index in [1.165, 1.54) is 12.8 Å². The monoisotopic (exact) mass is 279 g/mol. The lowest BCUT2D eigenvalue weighted by molar-refractivity contribution is 0.0193. The van der Waals surface area contributed by atoms with E-state index in [1.807, 2.05) is 32.2 Å². The molecule has 20 heavy (non-hydrogen) atoms. The second-order valence-electron chi connectivity index (χ2n) is 5.10. The summed E-state index contributed by atoms with van der Waals surface area (Å²) < 4.78 is 17.0. The van der Waals surface area contributed by atoms with Gasteiger partial charge in [0, 0.05) is 6.61 Å². The van der Waals surface area contributed by atoms with Crippen LogP contribution >= 0.6 is 0 Å². The van der Waals surface area contributed by atoms with Gasteiger partial charge >= 0.3 is 0 Å². The van der Waals surface area contributed by atoms with E-state index in [-0.39, 0.29) is 12.1 Å². The summed E-state index contributed by atoms with van der Waals surface area (Å²) in [4.78, 5) is 0. The minimum atomic E-state index is 0.0774. The summed E-state index contributed by atoms with van der Waals surface area (Å²) in [6.45, 7) is 2.76. The van der Waals surface area contributed by atoms with E-state index in [0.29, 0.717) is 5.92 Å². The number of likely N-dealkylation sites (N-methyl/N-ethyl adjacent to an activating group) is 1. The highest BCUT2D eigenvalue weighted by Crippen LogP contribution is 2.44. The van der Waals surface area contributed by atoms with Crippen molar-refractivity contribution in [2.24, 2.45) is 5.92 Å². The third-order valence-electron chi connectivity index (χ3n) is 3.86. The van der Waals surface area contributed by atoms with E-state index in [2.05, 4.69) is 5.32 Å². The average molecular weight is 279 g/mol. The van der Waals surface area contributed by atoms with Crippen LogP contribution in [0, 0.1) is 5.92 Å². The molecule has 2 unspecified atom stereocenters. The fourth-order valence-electron chi connectivity index (χ4n) is 2.78. The maximum Gasteiger partial charge on any atom is 0.127 e. The minimum Gasteiger partial charge on any atom is -0.496 e. The molecule has 4 heteroatoms. The topological polar surface area (TPSA) is 39.7 Å². The predicted molar refractivity (Wildman–Crippen MR) is 79.5 cm³/mol. The summed E-state index contributed by atoms with van der Waals surface area (Å²) in [6.07, 6.45) is 2.64. The Hall–Kier alpha value is -1.26. The van der Waals surface area contributed by atoms with Crippen molar-refractivity contribution in [3.8, 4) is 11.5 Å². The van der Waals surface area contributed by atoms with Gasteiger partial charge in [-0.25, -0.2) is 0 Å². The summed E-state index contributed by atoms with van der Waals surface area (Å²) in [5, 5.41) is 3.39. The van der Waals surface area contributed by atoms with Gasteiger partial charge < -0.3 is 19.5 Å². The molecule has 112 valence electrons. The Kier molecular flexibility index (Phi) is 5.26. The Labute approximate surface area is 121 Å². The Morgan fingerprint density at radius 1 is 1.20 bits per heavy atom. The van der Waals surface area contributed by atoms with Crippen LogP contribution in [-0.4, -0.2) is 34.0 Å². The highest BCUT2D eigenvalue weighted by molar-refractivity contribution is 5.47. The Morgan fingerprint density at radius 3 is 2.20 bits per heavy atom. The third-order valence-corrected chi connectivity index (χ3v) is 3.86. The first kappa shape index (κ1) is 15.1. The standard InChI is InChI=1S/C16H25NO3/c1-5-20-16(11-9-10-11)15(17-2)14-12(18-3)7-6-8-13(14)19-4/h6-8,11,15-17H,5,9-10H2,1-4H3. The highest BCUT2D eigenvalue weighted by atomic mass is 16.5. The first-order valence-electron chi connectivity index (χ1n) is 7.26. The zero-order valence-corrected chi connectivity index (χ0v) is 12.8. The molecule has 0 saturated heterocycles. The molecule has 0 bridgehead atoms. The summed E-state index contributed by atoms with van der Waals surface area (Å²) in [7, 11) is 5.35. The maximum absolute atomic E-state index is 6.00. The Balaban J connectivity index is 2.38. The highest BCUT2D eigenvalue weighted by Gasteiger charge is 2.39. The molecular weight excluding hydrogens is 254 g/mol. The van der Waals surface area contributed by atoms with Crippen molar-refractivity contribution >= 4 is 0 Å². The molecule has 4 nitrogen and oxygen atoms in total. The molecule has 1 aromatic carbocycles. The van der Waals surface area contributed by atoms with E-state index in [0.717, 1.165) is 23.7 Å². The van der Waals surface area contributed by atoms with Gasteiger partial charge in [-0.1, -0.05) is 6.07 Å². The van der Waals surface area contributed by atoms with Crippen LogP contribution in [0.5, 0.6) is 11.5 Å². The quantitative estimate of drug-likeness (QED) is 0.794. The molecular formula is C16H25NO3. The number of methoxy groups -OCH3 is 2. The van der Waals surface area contributed by atoms with Crippen LogP contribution in [-0.2, 0) is 4.74 Å². The van der Waals surface area contributed by atoms with Crippen molar-refractivity contribution in [1.82, 2.24) is 5.32 Å². The molecule has 1 saturated carbocycles. The molecule has 0 radical (unpaired) electrons. The van der Waals surface area contributed by atoms with Gasteiger partial charge in [-0.2, -0.15) is 0 Å². The molecule has 0 heterocycles. The van der Waals surface area contributed by atoms with Crippen LogP contribution in [0.2, 0.25) is 0 Å². The largest absolute Gasteiger partial charge is 0.496 e. The van der Waals surface area contributed by atoms with E-state index in [4.69, 9.17) is 14.2 Å². The fraction of sp³-hybridized carbons (Fsp3) is 0.625. The Morgan fingerprint density at radius 2 is 1.80 bits per heavy atom. The SMILES string of the molecule is CCOC(C1CC1)C(NC)c1c(OC)cccc1OC. The summed E-state index contributed by atoms with van der Waals surface area (Å²) in [6, 6.07) is 5.96. The zero-order valence-electron chi connectivity index (χ0n) is 12.8. The van der Waals surface area contributed by atoms with Crippen molar-refractivity contribution in [3.05, 3.63) is 23.8 Å². The van der Waals surface area contributed by atoms with Gasteiger partial charge in [-0.15, -0.1) is 0 Å². The van der Waals surface area contributed by atoms with E-state index < -0.39 is 0 Å². The first-order chi connectivity index (χ1) is 9.76. The van der Waals surface area contributed by atoms with Gasteiger partial charge in [0.25, 0.3) is 0 Å². The van der Waals surface area contributed by atoms with Gasteiger partial charge in [0.2, 0.25) is 0 Å². The van der Waals surface area contributed by atoms with Gasteiger partial charge in [-0.3, -0.25) is 0 Å². The number of hydrogen-bond acceptors (Lipinski definition) is 4. The van der Waals surface area contributed by atoms with Crippen LogP contribution < -0.4 is 14.8 Å². The molecule has 0 aliphatic heterocycles. The average Bonchev–Trinajstić information content (AvgIpc) is 3.31. The summed E-state index contributed by atoms with van der Waals surface area (Å²) in [5.41, 5.74) is 1.05. The Bertz CT molecular complexity index is 409. The van der Waals surface area contributed by atoms with Gasteiger partial charge in [0.1, 0.15) is 11.5 Å². The zero-order chi connectivity index (χ0) is 14.5. The fourth-order valence-corrected chi connectivity index (χ4v) is 2.78. The molecule has 1 aliphatic carbocycles. The lowest BCUT2D eigenvalue weighted by Gasteiger charge is -2.29. The number of rotatable bonds is 8. The second kappa shape index (κ2) is 6.95. The molecule has 1 aromatic rings. The van der Waals surface area contributed by atoms with Crippen molar-refractivity contribution in [2.45, 2.75) is 31.9 Å². The summed E-state index contributed by atoms with van der Waals surface area (Å²) >= 11 is 0. The lowest BCUT2D eigenvalue weighted by Crippen LogP contribution is -2.34. The second-order valence-corrected chi connectivity index (χ2v) is 5.10. The van der Waals surface area contributed by atoms with Gasteiger partial charge in [0.05, 0.1) is 31.9 Å². The van der Waals surface area contributed by atoms with Crippen molar-refractivity contribution in [3.63, 3.8) is 0 Å². The predicted octanol–water partition coefficient (Wildman–Crippen LogP) is 2.78. The molecule has 0 amide bonds. The van der Waals surface area contributed by atoms with Crippen LogP contribution in [0.15, 0.2) is 18.2 Å². The number of nitrogens with one attached hydrogen (secondary N) is 1. The van der Waals surface area contributed by atoms with Crippen LogP contribution in [0.1, 0.15) is 31.4 Å². The number of ether oxygens (including phenoxy) is 3. The molecule has 1 fully saturated rings. The molecule has 1 N–H and O–H groups in total. The number of hydrogen-bond donors (Lipinski definition) is 1. The van der Waals surface area contributed by atoms with E-state index in [1.54, 1.807) is 14.2 Å². The molecule has 0 spiro atoms. The maximum atomic E-state index is 6.00. The third kappa shape index (κ3) is 3.07. The smallest absolute Gasteiger partial charge is 0.127 e. The minimum absolute atomic E-state index is 0.0774. The van der Waals surface area contributed by atoms with Crippen LogP contribution in [0.4, 0.5) is 0 Å². The lowest BCUT2D eigenvalue weighted by atomic mass is 9.96. The van der Waals surface area contributed by atoms with E-state index >= 15 is 0 Å². The molecule has 1 aliphatic rings. The number of benzene rings is 1. The van der Waals surface area contributed by atoms with E-state index in [9.17, 15) is 0 Å². The molecule has 2 atom stereocenters. The summed E-state index contributed by atoms with van der Waals surface area (Å²) in [5.74, 6) is 2.31. The van der Waals surface area contributed by atoms with Crippen molar-refractivity contribution < 1.29 is 14.2 Å². The van der Waals surface area contributed by atoms with Crippen molar-refractivity contribution in [1.29, 1.82) is 0 Å². The van der Waals surface area contributed by atoms with Crippen LogP contribution in [0.25, 0.3) is 0 Å². The van der Waals surface area contributed by atoms with Crippen LogP contribution in [0.3, 0.4) is 0 Å². The van der Waals surface area contributed by atoms with Crippen molar-refractivity contribution in [2.75, 3.05) is 27.9 Å². The first-order valence-corrected chi connectivity index (χ1v) is 7.26. The normalized spacial score (nSPS) is 17.6. The molecule has 0 aromatic heterocycles. The van der Waals surface area contributed by atoms with Gasteiger partial charge in [0.15, 0.2) is 0 Å². The van der Waals surface area contributed by atoms with Gasteiger partial charge in [-0.05, 0) is 44.9 Å². The molecule has 2 rings (SSSR count).